The van der Waals surface area contributed by atoms with Crippen molar-refractivity contribution in [2.75, 3.05) is 13.7 Å². The standard InChI is InChI=1S/C14H28N2O/c1-13(2)11(8-12(13)17-4)16-9-14(3)7-5-6-10(14)15/h10-12,16H,5-9,15H2,1-4H3. The minimum Gasteiger partial charge on any atom is -0.381 e. The van der Waals surface area contributed by atoms with E-state index in [1.54, 1.807) is 0 Å². The van der Waals surface area contributed by atoms with Gasteiger partial charge in [-0.15, -0.1) is 0 Å². The molecule has 100 valence electrons. The smallest absolute Gasteiger partial charge is 0.0652 e. The van der Waals surface area contributed by atoms with Crippen LogP contribution in [-0.2, 0) is 4.74 Å². The van der Waals surface area contributed by atoms with Crippen LogP contribution in [0.4, 0.5) is 0 Å². The summed E-state index contributed by atoms with van der Waals surface area (Å²) in [6, 6.07) is 0.952. The van der Waals surface area contributed by atoms with E-state index in [0.717, 1.165) is 13.0 Å². The van der Waals surface area contributed by atoms with Gasteiger partial charge in [0.1, 0.15) is 0 Å². The molecule has 0 aromatic carbocycles. The molecule has 3 nitrogen and oxygen atoms in total. The van der Waals surface area contributed by atoms with Crippen LogP contribution in [0.3, 0.4) is 0 Å². The Morgan fingerprint density at radius 1 is 1.35 bits per heavy atom. The first kappa shape index (κ1) is 13.3. The average Bonchev–Trinajstić information content (AvgIpc) is 2.58. The number of ether oxygens (including phenoxy) is 1. The number of nitrogens with two attached hydrogens (primary N) is 1. The van der Waals surface area contributed by atoms with Gasteiger partial charge in [0.25, 0.3) is 0 Å². The zero-order valence-corrected chi connectivity index (χ0v) is 11.8. The van der Waals surface area contributed by atoms with Gasteiger partial charge >= 0.3 is 0 Å². The van der Waals surface area contributed by atoms with Gasteiger partial charge in [0.2, 0.25) is 0 Å². The molecule has 0 radical (unpaired) electrons. The lowest BCUT2D eigenvalue weighted by atomic mass is 9.64. The molecule has 2 fully saturated rings. The Labute approximate surface area is 105 Å². The molecular formula is C14H28N2O. The first-order valence-corrected chi connectivity index (χ1v) is 6.92. The van der Waals surface area contributed by atoms with Crippen molar-refractivity contribution < 1.29 is 4.74 Å². The molecule has 0 aromatic heterocycles. The van der Waals surface area contributed by atoms with Crippen LogP contribution in [0.5, 0.6) is 0 Å². The third kappa shape index (κ3) is 2.25. The fraction of sp³-hybridized carbons (Fsp3) is 1.00. The monoisotopic (exact) mass is 240 g/mol. The van der Waals surface area contributed by atoms with Gasteiger partial charge in [-0.05, 0) is 24.7 Å². The molecule has 3 N–H and O–H groups in total. The van der Waals surface area contributed by atoms with Gasteiger partial charge in [0.05, 0.1) is 6.10 Å². The number of methoxy groups -OCH3 is 1. The van der Waals surface area contributed by atoms with Crippen molar-refractivity contribution in [3.63, 3.8) is 0 Å². The van der Waals surface area contributed by atoms with E-state index >= 15 is 0 Å². The summed E-state index contributed by atoms with van der Waals surface area (Å²) in [4.78, 5) is 0. The van der Waals surface area contributed by atoms with Crippen LogP contribution in [0.1, 0.15) is 46.5 Å². The molecule has 2 saturated carbocycles. The number of hydrogen-bond acceptors (Lipinski definition) is 3. The Hall–Kier alpha value is -0.120. The van der Waals surface area contributed by atoms with Crippen LogP contribution in [0.25, 0.3) is 0 Å². The fourth-order valence-electron chi connectivity index (χ4n) is 3.47. The van der Waals surface area contributed by atoms with Crippen molar-refractivity contribution in [1.82, 2.24) is 5.32 Å². The van der Waals surface area contributed by atoms with Gasteiger partial charge in [0.15, 0.2) is 0 Å². The van der Waals surface area contributed by atoms with E-state index in [-0.39, 0.29) is 5.41 Å². The third-order valence-corrected chi connectivity index (χ3v) is 5.37. The van der Waals surface area contributed by atoms with Crippen LogP contribution in [-0.4, -0.2) is 31.8 Å². The first-order chi connectivity index (χ1) is 7.90. The maximum Gasteiger partial charge on any atom is 0.0652 e. The van der Waals surface area contributed by atoms with E-state index in [4.69, 9.17) is 10.5 Å². The second-order valence-electron chi connectivity index (χ2n) is 6.87. The van der Waals surface area contributed by atoms with Crippen molar-refractivity contribution >= 4 is 0 Å². The van der Waals surface area contributed by atoms with Crippen LogP contribution in [0.2, 0.25) is 0 Å². The highest BCUT2D eigenvalue weighted by molar-refractivity contribution is 5.04. The summed E-state index contributed by atoms with van der Waals surface area (Å²) in [6.07, 6.45) is 5.28. The summed E-state index contributed by atoms with van der Waals surface area (Å²) in [5.74, 6) is 0. The summed E-state index contributed by atoms with van der Waals surface area (Å²) in [5, 5.41) is 3.73. The minimum atomic E-state index is 0.258. The molecule has 0 spiro atoms. The Balaban J connectivity index is 1.84. The molecule has 0 aliphatic heterocycles. The maximum absolute atomic E-state index is 6.22. The van der Waals surface area contributed by atoms with Gasteiger partial charge in [-0.2, -0.15) is 0 Å². The predicted octanol–water partition coefficient (Wildman–Crippen LogP) is 1.91. The van der Waals surface area contributed by atoms with Crippen molar-refractivity contribution in [1.29, 1.82) is 0 Å². The van der Waals surface area contributed by atoms with Crippen LogP contribution >= 0.6 is 0 Å². The second-order valence-corrected chi connectivity index (χ2v) is 6.87. The molecule has 0 bridgehead atoms. The highest BCUT2D eigenvalue weighted by Crippen LogP contribution is 2.43. The van der Waals surface area contributed by atoms with Gasteiger partial charge < -0.3 is 15.8 Å². The highest BCUT2D eigenvalue weighted by Gasteiger charge is 2.49. The van der Waals surface area contributed by atoms with E-state index in [1.807, 2.05) is 7.11 Å². The van der Waals surface area contributed by atoms with Crippen LogP contribution < -0.4 is 11.1 Å². The number of nitrogens with one attached hydrogen (secondary N) is 1. The van der Waals surface area contributed by atoms with Crippen LogP contribution in [0, 0.1) is 10.8 Å². The van der Waals surface area contributed by atoms with E-state index < -0.39 is 0 Å². The van der Waals surface area contributed by atoms with Crippen molar-refractivity contribution in [2.24, 2.45) is 16.6 Å². The molecule has 2 aliphatic carbocycles. The van der Waals surface area contributed by atoms with E-state index in [9.17, 15) is 0 Å². The lowest BCUT2D eigenvalue weighted by Gasteiger charge is -2.52. The largest absolute Gasteiger partial charge is 0.381 e. The zero-order valence-electron chi connectivity index (χ0n) is 11.8. The molecule has 0 amide bonds. The zero-order chi connectivity index (χ0) is 12.7. The summed E-state index contributed by atoms with van der Waals surface area (Å²) in [5.41, 5.74) is 6.77. The summed E-state index contributed by atoms with van der Waals surface area (Å²) < 4.78 is 5.49. The van der Waals surface area contributed by atoms with Gasteiger partial charge in [-0.1, -0.05) is 27.2 Å². The molecule has 2 aliphatic rings. The molecule has 3 heteroatoms. The molecule has 2 rings (SSSR count). The van der Waals surface area contributed by atoms with Crippen molar-refractivity contribution in [3.05, 3.63) is 0 Å². The molecule has 0 saturated heterocycles. The molecule has 4 unspecified atom stereocenters. The van der Waals surface area contributed by atoms with Gasteiger partial charge in [0, 0.05) is 31.2 Å². The number of hydrogen-bond donors (Lipinski definition) is 2. The van der Waals surface area contributed by atoms with E-state index in [1.165, 1.54) is 19.3 Å². The lowest BCUT2D eigenvalue weighted by molar-refractivity contribution is -0.0993. The molecule has 17 heavy (non-hydrogen) atoms. The lowest BCUT2D eigenvalue weighted by Crippen LogP contribution is -2.62. The molecule has 4 atom stereocenters. The maximum atomic E-state index is 6.22. The van der Waals surface area contributed by atoms with Gasteiger partial charge in [-0.25, -0.2) is 0 Å². The van der Waals surface area contributed by atoms with Crippen molar-refractivity contribution in [3.8, 4) is 0 Å². The second kappa shape index (κ2) is 4.52. The highest BCUT2D eigenvalue weighted by atomic mass is 16.5. The predicted molar refractivity (Wildman–Crippen MR) is 70.9 cm³/mol. The Morgan fingerprint density at radius 2 is 2.06 bits per heavy atom. The van der Waals surface area contributed by atoms with E-state index in [2.05, 4.69) is 26.1 Å². The summed E-state index contributed by atoms with van der Waals surface area (Å²) in [7, 11) is 1.82. The summed E-state index contributed by atoms with van der Waals surface area (Å²) in [6.45, 7) is 7.97. The minimum absolute atomic E-state index is 0.258. The van der Waals surface area contributed by atoms with Crippen molar-refractivity contribution in [2.45, 2.75) is 64.6 Å². The Bertz CT molecular complexity index is 279. The quantitative estimate of drug-likeness (QED) is 0.789. The Morgan fingerprint density at radius 3 is 2.53 bits per heavy atom. The fourth-order valence-corrected chi connectivity index (χ4v) is 3.47. The Kier molecular flexibility index (Phi) is 3.54. The topological polar surface area (TPSA) is 47.3 Å². The normalized spacial score (nSPS) is 44.6. The number of rotatable bonds is 4. The molecule has 0 aromatic rings. The first-order valence-electron chi connectivity index (χ1n) is 6.92. The third-order valence-electron chi connectivity index (χ3n) is 5.37. The molecular weight excluding hydrogens is 212 g/mol. The average molecular weight is 240 g/mol. The SMILES string of the molecule is COC1CC(NCC2(C)CCCC2N)C1(C)C. The van der Waals surface area contributed by atoms with Gasteiger partial charge in [-0.3, -0.25) is 0 Å². The molecule has 0 heterocycles. The van der Waals surface area contributed by atoms with E-state index in [0.29, 0.717) is 23.6 Å². The summed E-state index contributed by atoms with van der Waals surface area (Å²) >= 11 is 0. The van der Waals surface area contributed by atoms with Crippen LogP contribution in [0.15, 0.2) is 0 Å².